The molecule has 1 aliphatic carbocycles. The Labute approximate surface area is 135 Å². The molecule has 7 heteroatoms. The third kappa shape index (κ3) is 4.19. The first-order valence-electron chi connectivity index (χ1n) is 8.56. The Hall–Kier alpha value is -0.790. The number of hydrogen-bond donors (Lipinski definition) is 1. The lowest BCUT2D eigenvalue weighted by atomic mass is 9.86. The highest BCUT2D eigenvalue weighted by molar-refractivity contribution is 5.79. The van der Waals surface area contributed by atoms with Crippen LogP contribution in [0.25, 0.3) is 0 Å². The molecule has 2 aliphatic heterocycles. The van der Waals surface area contributed by atoms with Crippen molar-refractivity contribution in [3.63, 3.8) is 0 Å². The maximum atomic E-state index is 13.2. The predicted molar refractivity (Wildman–Crippen MR) is 80.3 cm³/mol. The van der Waals surface area contributed by atoms with E-state index in [1.807, 2.05) is 0 Å². The molecule has 0 aromatic heterocycles. The Morgan fingerprint density at radius 1 is 1.13 bits per heavy atom. The lowest BCUT2D eigenvalue weighted by Gasteiger charge is -2.34. The van der Waals surface area contributed by atoms with E-state index < -0.39 is 11.5 Å². The third-order valence-corrected chi connectivity index (χ3v) is 5.33. The molecule has 2 saturated heterocycles. The zero-order valence-electron chi connectivity index (χ0n) is 13.5. The molecule has 3 rings (SSSR count). The third-order valence-electron chi connectivity index (χ3n) is 5.33. The van der Waals surface area contributed by atoms with Gasteiger partial charge >= 0.3 is 0 Å². The van der Waals surface area contributed by atoms with Crippen LogP contribution >= 0.6 is 0 Å². The molecule has 23 heavy (non-hydrogen) atoms. The Balaban J connectivity index is 1.51. The van der Waals surface area contributed by atoms with E-state index in [1.165, 1.54) is 0 Å². The fourth-order valence-corrected chi connectivity index (χ4v) is 3.89. The summed E-state index contributed by atoms with van der Waals surface area (Å²) in [5, 5.41) is 10.7. The number of rotatable bonds is 3. The van der Waals surface area contributed by atoms with Crippen molar-refractivity contribution in [2.75, 3.05) is 45.9 Å². The number of carbonyl (C=O) groups is 1. The van der Waals surface area contributed by atoms with Crippen molar-refractivity contribution in [3.8, 4) is 0 Å². The summed E-state index contributed by atoms with van der Waals surface area (Å²) in [6.07, 6.45) is 0.665. The summed E-state index contributed by atoms with van der Waals surface area (Å²) in [7, 11) is 0. The number of aliphatic hydroxyl groups is 1. The minimum absolute atomic E-state index is 0.0570. The van der Waals surface area contributed by atoms with Crippen LogP contribution in [-0.4, -0.2) is 78.3 Å². The van der Waals surface area contributed by atoms with Gasteiger partial charge in [-0.2, -0.15) is 0 Å². The second-order valence-corrected chi connectivity index (χ2v) is 7.25. The van der Waals surface area contributed by atoms with Gasteiger partial charge in [-0.1, -0.05) is 0 Å². The van der Waals surface area contributed by atoms with Crippen molar-refractivity contribution in [1.29, 1.82) is 0 Å². The molecule has 0 aromatic carbocycles. The fourth-order valence-electron chi connectivity index (χ4n) is 3.89. The van der Waals surface area contributed by atoms with E-state index in [4.69, 9.17) is 4.74 Å². The first-order valence-corrected chi connectivity index (χ1v) is 8.56. The number of alkyl halides is 2. The second kappa shape index (κ2) is 6.61. The normalized spacial score (nSPS) is 33.1. The van der Waals surface area contributed by atoms with Gasteiger partial charge in [0.25, 0.3) is 0 Å². The number of morpholine rings is 1. The molecule has 1 amide bonds. The summed E-state index contributed by atoms with van der Waals surface area (Å²) in [5.74, 6) is -2.97. The smallest absolute Gasteiger partial charge is 0.248 e. The largest absolute Gasteiger partial charge is 0.387 e. The molecule has 1 atom stereocenters. The van der Waals surface area contributed by atoms with Gasteiger partial charge < -0.3 is 14.7 Å². The van der Waals surface area contributed by atoms with E-state index in [0.29, 0.717) is 39.3 Å². The van der Waals surface area contributed by atoms with Crippen molar-refractivity contribution in [2.24, 2.45) is 5.92 Å². The molecule has 0 spiro atoms. The predicted octanol–water partition coefficient (Wildman–Crippen LogP) is 1.11. The Morgan fingerprint density at radius 3 is 2.43 bits per heavy atom. The van der Waals surface area contributed by atoms with Crippen molar-refractivity contribution < 1.29 is 23.4 Å². The molecule has 0 aromatic rings. The lowest BCUT2D eigenvalue weighted by Crippen LogP contribution is -2.49. The summed E-state index contributed by atoms with van der Waals surface area (Å²) in [5.41, 5.74) is -0.883. The van der Waals surface area contributed by atoms with Gasteiger partial charge in [0.05, 0.1) is 25.4 Å². The fraction of sp³-hybridized carbons (Fsp3) is 0.938. The number of halogens is 2. The van der Waals surface area contributed by atoms with E-state index in [9.17, 15) is 18.7 Å². The zero-order valence-corrected chi connectivity index (χ0v) is 13.5. The first kappa shape index (κ1) is 17.0. The van der Waals surface area contributed by atoms with Crippen LogP contribution in [0.5, 0.6) is 0 Å². The van der Waals surface area contributed by atoms with Crippen molar-refractivity contribution in [2.45, 2.75) is 43.6 Å². The van der Waals surface area contributed by atoms with Gasteiger partial charge in [-0.05, 0) is 19.3 Å². The Kier molecular flexibility index (Phi) is 4.90. The van der Waals surface area contributed by atoms with Gasteiger partial charge in [-0.3, -0.25) is 9.69 Å². The summed E-state index contributed by atoms with van der Waals surface area (Å²) in [4.78, 5) is 16.4. The molecule has 0 radical (unpaired) electrons. The number of hydrogen-bond acceptors (Lipinski definition) is 4. The Bertz CT molecular complexity index is 433. The van der Waals surface area contributed by atoms with Gasteiger partial charge in [0, 0.05) is 44.9 Å². The second-order valence-electron chi connectivity index (χ2n) is 7.25. The molecule has 0 bridgehead atoms. The number of carbonyl (C=O) groups excluding carboxylic acids is 1. The molecular formula is C16H26F2N2O3. The maximum Gasteiger partial charge on any atom is 0.248 e. The number of β-amino-alcohol motifs (C(OH)–C–C–N with tert-alkyl or cyclic N) is 1. The molecule has 1 N–H and O–H groups in total. The molecule has 1 unspecified atom stereocenters. The minimum atomic E-state index is -2.61. The first-order chi connectivity index (χ1) is 10.9. The van der Waals surface area contributed by atoms with Crippen molar-refractivity contribution in [1.82, 2.24) is 9.80 Å². The van der Waals surface area contributed by atoms with Crippen molar-refractivity contribution in [3.05, 3.63) is 0 Å². The molecule has 5 nitrogen and oxygen atoms in total. The number of ether oxygens (including phenoxy) is 1. The molecule has 132 valence electrons. The zero-order chi connectivity index (χ0) is 16.5. The number of nitrogens with zero attached hydrogens (tertiary/aromatic N) is 2. The van der Waals surface area contributed by atoms with Gasteiger partial charge in [0.1, 0.15) is 0 Å². The van der Waals surface area contributed by atoms with Crippen LogP contribution in [0.1, 0.15) is 32.1 Å². The van der Waals surface area contributed by atoms with Crippen LogP contribution in [0.15, 0.2) is 0 Å². The van der Waals surface area contributed by atoms with Crippen LogP contribution in [0.4, 0.5) is 8.78 Å². The quantitative estimate of drug-likeness (QED) is 0.841. The summed E-state index contributed by atoms with van der Waals surface area (Å²) in [6, 6.07) is 0. The standard InChI is InChI=1S/C16H26F2N2O3/c17-16(18)3-1-13(2-4-16)14(21)20-6-5-15(22,12-20)11-19-7-9-23-10-8-19/h13,22H,1-12H2. The number of likely N-dealkylation sites (tertiary alicyclic amines) is 1. The van der Waals surface area contributed by atoms with E-state index in [0.717, 1.165) is 13.1 Å². The van der Waals surface area contributed by atoms with E-state index in [1.54, 1.807) is 4.90 Å². The van der Waals surface area contributed by atoms with Crippen LogP contribution < -0.4 is 0 Å². The average molecular weight is 332 g/mol. The average Bonchev–Trinajstić information content (AvgIpc) is 2.89. The van der Waals surface area contributed by atoms with Gasteiger partial charge in [-0.25, -0.2) is 8.78 Å². The number of amides is 1. The molecule has 1 saturated carbocycles. The van der Waals surface area contributed by atoms with E-state index >= 15 is 0 Å². The molecule has 3 fully saturated rings. The summed E-state index contributed by atoms with van der Waals surface area (Å²) >= 11 is 0. The minimum Gasteiger partial charge on any atom is -0.387 e. The highest BCUT2D eigenvalue weighted by atomic mass is 19.3. The van der Waals surface area contributed by atoms with Crippen LogP contribution in [0.3, 0.4) is 0 Å². The van der Waals surface area contributed by atoms with Gasteiger partial charge in [0.15, 0.2) is 0 Å². The molecule has 2 heterocycles. The van der Waals surface area contributed by atoms with Crippen molar-refractivity contribution >= 4 is 5.91 Å². The Morgan fingerprint density at radius 2 is 1.78 bits per heavy atom. The SMILES string of the molecule is O=C(C1CCC(F)(F)CC1)N1CCC(O)(CN2CCOCC2)C1. The van der Waals surface area contributed by atoms with Crippen LogP contribution in [0.2, 0.25) is 0 Å². The molecule has 3 aliphatic rings. The summed E-state index contributed by atoms with van der Waals surface area (Å²) in [6.45, 7) is 4.33. The lowest BCUT2D eigenvalue weighted by molar-refractivity contribution is -0.139. The topological polar surface area (TPSA) is 53.0 Å². The van der Waals surface area contributed by atoms with E-state index in [-0.39, 0.29) is 37.5 Å². The highest BCUT2D eigenvalue weighted by Gasteiger charge is 2.43. The van der Waals surface area contributed by atoms with Gasteiger partial charge in [-0.15, -0.1) is 0 Å². The summed E-state index contributed by atoms with van der Waals surface area (Å²) < 4.78 is 31.7. The maximum absolute atomic E-state index is 13.2. The van der Waals surface area contributed by atoms with Crippen LogP contribution in [-0.2, 0) is 9.53 Å². The van der Waals surface area contributed by atoms with Crippen LogP contribution in [0, 0.1) is 5.92 Å². The van der Waals surface area contributed by atoms with E-state index in [2.05, 4.69) is 4.90 Å². The monoisotopic (exact) mass is 332 g/mol. The highest BCUT2D eigenvalue weighted by Crippen LogP contribution is 2.37. The van der Waals surface area contributed by atoms with Gasteiger partial charge in [0.2, 0.25) is 11.8 Å². The molecular weight excluding hydrogens is 306 g/mol.